The maximum absolute atomic E-state index is 11.7. The molecule has 2 N–H and O–H groups in total. The molecule has 4 unspecified atom stereocenters. The van der Waals surface area contributed by atoms with E-state index in [2.05, 4.69) is 22.5 Å². The fraction of sp³-hybridized carbons (Fsp3) is 0.950. The van der Waals surface area contributed by atoms with Gasteiger partial charge in [0.25, 0.3) is 0 Å². The lowest BCUT2D eigenvalue weighted by Gasteiger charge is -2.32. The van der Waals surface area contributed by atoms with Crippen LogP contribution in [0.15, 0.2) is 4.99 Å². The molecule has 4 rings (SSSR count). The Kier molecular flexibility index (Phi) is 7.92. The van der Waals surface area contributed by atoms with Crippen LogP contribution in [0.4, 0.5) is 0 Å². The topological polar surface area (TPSA) is 73.8 Å². The lowest BCUT2D eigenvalue weighted by Crippen LogP contribution is -2.51. The molecule has 0 aromatic rings. The zero-order valence-electron chi connectivity index (χ0n) is 17.1. The van der Waals surface area contributed by atoms with Crippen LogP contribution in [0.25, 0.3) is 0 Å². The molecule has 0 amide bonds. The third-order valence-corrected chi connectivity index (χ3v) is 8.73. The molecule has 0 bridgehead atoms. The van der Waals surface area contributed by atoms with Crippen molar-refractivity contribution in [2.24, 2.45) is 16.8 Å². The van der Waals surface area contributed by atoms with Gasteiger partial charge in [0.2, 0.25) is 0 Å². The highest BCUT2D eigenvalue weighted by Crippen LogP contribution is 2.30. The van der Waals surface area contributed by atoms with Gasteiger partial charge in [0.15, 0.2) is 15.8 Å². The van der Waals surface area contributed by atoms with Gasteiger partial charge in [0.1, 0.15) is 0 Å². The Labute approximate surface area is 187 Å². The van der Waals surface area contributed by atoms with E-state index in [0.29, 0.717) is 36.1 Å². The Morgan fingerprint density at radius 2 is 1.86 bits per heavy atom. The minimum atomic E-state index is -2.83. The molecule has 2 saturated carbocycles. The number of guanidine groups is 1. The summed E-state index contributed by atoms with van der Waals surface area (Å²) < 4.78 is 23.5. The highest BCUT2D eigenvalue weighted by Gasteiger charge is 2.35. The lowest BCUT2D eigenvalue weighted by molar-refractivity contribution is 0.304. The first-order chi connectivity index (χ1) is 13.0. The maximum Gasteiger partial charge on any atom is 0.191 e. The largest absolute Gasteiger partial charge is 0.353 e. The molecule has 8 heteroatoms. The van der Waals surface area contributed by atoms with Crippen LogP contribution in [-0.4, -0.2) is 68.5 Å². The third-order valence-electron chi connectivity index (χ3n) is 6.89. The second-order valence-electron chi connectivity index (χ2n) is 9.33. The van der Waals surface area contributed by atoms with Crippen molar-refractivity contribution < 1.29 is 8.42 Å². The number of nitrogens with one attached hydrogen (secondary N) is 2. The van der Waals surface area contributed by atoms with E-state index >= 15 is 0 Å². The van der Waals surface area contributed by atoms with Crippen molar-refractivity contribution in [1.29, 1.82) is 0 Å². The number of halogens is 1. The average Bonchev–Trinajstić information content (AvgIpc) is 3.28. The molecule has 0 aromatic carbocycles. The SMILES string of the molecule is CC1CCCCC1NC(=NCC1CCS(=O)(=O)C1)NC1CCN(C2CC2)C1.I. The molecule has 0 radical (unpaired) electrons. The molecule has 162 valence electrons. The van der Waals surface area contributed by atoms with Gasteiger partial charge in [-0.2, -0.15) is 0 Å². The summed E-state index contributed by atoms with van der Waals surface area (Å²) in [6.45, 7) is 5.26. The molecule has 6 nitrogen and oxygen atoms in total. The van der Waals surface area contributed by atoms with Crippen LogP contribution >= 0.6 is 24.0 Å². The predicted molar refractivity (Wildman–Crippen MR) is 125 cm³/mol. The summed E-state index contributed by atoms with van der Waals surface area (Å²) in [5.74, 6) is 2.42. The van der Waals surface area contributed by atoms with Gasteiger partial charge in [-0.15, -0.1) is 24.0 Å². The normalized spacial score (nSPS) is 36.1. The first-order valence-corrected chi connectivity index (χ1v) is 12.8. The number of nitrogens with zero attached hydrogens (tertiary/aromatic N) is 2. The second-order valence-corrected chi connectivity index (χ2v) is 11.6. The van der Waals surface area contributed by atoms with Gasteiger partial charge in [0.05, 0.1) is 11.5 Å². The Morgan fingerprint density at radius 3 is 2.54 bits per heavy atom. The molecule has 28 heavy (non-hydrogen) atoms. The Balaban J connectivity index is 0.00000225. The molecular formula is C20H37IN4O2S. The number of sulfone groups is 1. The van der Waals surface area contributed by atoms with E-state index in [1.54, 1.807) is 0 Å². The molecule has 2 aliphatic heterocycles. The van der Waals surface area contributed by atoms with Gasteiger partial charge < -0.3 is 10.6 Å². The van der Waals surface area contributed by atoms with Crippen LogP contribution in [0.3, 0.4) is 0 Å². The number of likely N-dealkylation sites (tertiary alicyclic amines) is 1. The fourth-order valence-corrected chi connectivity index (χ4v) is 6.79. The number of aliphatic imine (C=N–C) groups is 1. The Morgan fingerprint density at radius 1 is 1.07 bits per heavy atom. The minimum Gasteiger partial charge on any atom is -0.353 e. The van der Waals surface area contributed by atoms with E-state index in [1.807, 2.05) is 0 Å². The monoisotopic (exact) mass is 524 g/mol. The predicted octanol–water partition coefficient (Wildman–Crippen LogP) is 2.39. The van der Waals surface area contributed by atoms with Crippen molar-refractivity contribution in [2.75, 3.05) is 31.1 Å². The van der Waals surface area contributed by atoms with E-state index in [-0.39, 0.29) is 29.9 Å². The van der Waals surface area contributed by atoms with E-state index in [0.717, 1.165) is 25.0 Å². The summed E-state index contributed by atoms with van der Waals surface area (Å²) >= 11 is 0. The average molecular weight is 525 g/mol. The Hall–Kier alpha value is -0.0900. The molecule has 0 aromatic heterocycles. The maximum atomic E-state index is 11.7. The highest BCUT2D eigenvalue weighted by molar-refractivity contribution is 14.0. The van der Waals surface area contributed by atoms with Gasteiger partial charge in [0, 0.05) is 37.8 Å². The summed E-state index contributed by atoms with van der Waals surface area (Å²) in [5.41, 5.74) is 0. The molecular weight excluding hydrogens is 487 g/mol. The van der Waals surface area contributed by atoms with Gasteiger partial charge in [-0.3, -0.25) is 9.89 Å². The summed E-state index contributed by atoms with van der Waals surface area (Å²) in [4.78, 5) is 7.47. The van der Waals surface area contributed by atoms with Crippen molar-refractivity contribution >= 4 is 39.8 Å². The zero-order valence-corrected chi connectivity index (χ0v) is 20.3. The molecule has 4 fully saturated rings. The summed E-state index contributed by atoms with van der Waals surface area (Å²) in [6.07, 6.45) is 9.77. The molecule has 2 heterocycles. The molecule has 2 saturated heterocycles. The van der Waals surface area contributed by atoms with Crippen LogP contribution in [0.5, 0.6) is 0 Å². The van der Waals surface area contributed by atoms with Crippen LogP contribution < -0.4 is 10.6 Å². The summed E-state index contributed by atoms with van der Waals surface area (Å²) in [6, 6.07) is 1.77. The van der Waals surface area contributed by atoms with Gasteiger partial charge in [-0.05, 0) is 50.4 Å². The van der Waals surface area contributed by atoms with Gasteiger partial charge in [-0.25, -0.2) is 8.42 Å². The lowest BCUT2D eigenvalue weighted by atomic mass is 9.86. The minimum absolute atomic E-state index is 0. The zero-order chi connectivity index (χ0) is 18.9. The van der Waals surface area contributed by atoms with Gasteiger partial charge in [-0.1, -0.05) is 19.8 Å². The van der Waals surface area contributed by atoms with E-state index in [4.69, 9.17) is 4.99 Å². The van der Waals surface area contributed by atoms with E-state index in [1.165, 1.54) is 51.5 Å². The smallest absolute Gasteiger partial charge is 0.191 e. The molecule has 4 aliphatic rings. The van der Waals surface area contributed by atoms with E-state index in [9.17, 15) is 8.42 Å². The van der Waals surface area contributed by atoms with Crippen molar-refractivity contribution in [3.8, 4) is 0 Å². The van der Waals surface area contributed by atoms with Crippen molar-refractivity contribution in [2.45, 2.75) is 76.4 Å². The van der Waals surface area contributed by atoms with Crippen LogP contribution in [0, 0.1) is 11.8 Å². The summed E-state index contributed by atoms with van der Waals surface area (Å²) in [5, 5.41) is 7.40. The van der Waals surface area contributed by atoms with Crippen molar-refractivity contribution in [3.05, 3.63) is 0 Å². The molecule has 2 aliphatic carbocycles. The number of hydrogen-bond donors (Lipinski definition) is 2. The van der Waals surface area contributed by atoms with Crippen molar-refractivity contribution in [3.63, 3.8) is 0 Å². The third kappa shape index (κ3) is 6.20. The van der Waals surface area contributed by atoms with Crippen molar-refractivity contribution in [1.82, 2.24) is 15.5 Å². The van der Waals surface area contributed by atoms with Gasteiger partial charge >= 0.3 is 0 Å². The fourth-order valence-electron chi connectivity index (χ4n) is 4.95. The molecule has 0 spiro atoms. The highest BCUT2D eigenvalue weighted by atomic mass is 127. The van der Waals surface area contributed by atoms with Crippen LogP contribution in [-0.2, 0) is 9.84 Å². The standard InChI is InChI=1S/C20H36N4O2S.HI/c1-15-4-2-3-5-19(15)23-20(21-12-16-9-11-27(25,26)14-16)22-17-8-10-24(13-17)18-6-7-18;/h15-19H,2-14H2,1H3,(H2,21,22,23);1H. The first kappa shape index (κ1) is 22.6. The second kappa shape index (κ2) is 9.81. The quantitative estimate of drug-likeness (QED) is 0.328. The Bertz CT molecular complexity index is 653. The molecule has 4 atom stereocenters. The summed E-state index contributed by atoms with van der Waals surface area (Å²) in [7, 11) is -2.83. The van der Waals surface area contributed by atoms with Crippen LogP contribution in [0.1, 0.15) is 58.3 Å². The first-order valence-electron chi connectivity index (χ1n) is 11.0. The van der Waals surface area contributed by atoms with Crippen LogP contribution in [0.2, 0.25) is 0 Å². The number of hydrogen-bond acceptors (Lipinski definition) is 4. The number of rotatable bonds is 5. The van der Waals surface area contributed by atoms with E-state index < -0.39 is 9.84 Å².